The highest BCUT2D eigenvalue weighted by Gasteiger charge is 2.13. The summed E-state index contributed by atoms with van der Waals surface area (Å²) in [5.74, 6) is 0.470. The molecule has 0 amide bonds. The minimum Gasteiger partial charge on any atom is -0.491 e. The van der Waals surface area contributed by atoms with E-state index in [0.29, 0.717) is 15.9 Å². The fourth-order valence-electron chi connectivity index (χ4n) is 1.12. The zero-order chi connectivity index (χ0) is 11.5. The molecule has 2 rings (SSSR count). The van der Waals surface area contributed by atoms with E-state index in [1.807, 2.05) is 17.8 Å². The zero-order valence-corrected chi connectivity index (χ0v) is 10.3. The van der Waals surface area contributed by atoms with Crippen LogP contribution in [0.2, 0.25) is 5.15 Å². The first-order valence-electron chi connectivity index (χ1n) is 4.42. The molecule has 0 saturated heterocycles. The number of nitrogens with zero attached hydrogens (tertiary/aromatic N) is 4. The third-order valence-electron chi connectivity index (χ3n) is 1.90. The van der Waals surface area contributed by atoms with Crippen LogP contribution in [0.15, 0.2) is 28.9 Å². The molecule has 2 aromatic heterocycles. The number of methoxy groups -OCH3 is 1. The van der Waals surface area contributed by atoms with E-state index in [1.165, 1.54) is 25.2 Å². The smallest absolute Gasteiger partial charge is 0.189 e. The molecule has 0 aliphatic rings. The molecule has 2 heterocycles. The summed E-state index contributed by atoms with van der Waals surface area (Å²) in [6.07, 6.45) is 4.98. The molecule has 7 heteroatoms. The highest BCUT2D eigenvalue weighted by Crippen LogP contribution is 2.35. The zero-order valence-electron chi connectivity index (χ0n) is 8.72. The first-order valence-corrected chi connectivity index (χ1v) is 5.61. The lowest BCUT2D eigenvalue weighted by atomic mass is 10.6. The number of hydrogen-bond donors (Lipinski definition) is 0. The van der Waals surface area contributed by atoms with Crippen molar-refractivity contribution in [3.05, 3.63) is 23.9 Å². The van der Waals surface area contributed by atoms with Crippen LogP contribution in [0.25, 0.3) is 0 Å². The highest BCUT2D eigenvalue weighted by molar-refractivity contribution is 7.99. The Labute approximate surface area is 102 Å². The van der Waals surface area contributed by atoms with Crippen LogP contribution in [0, 0.1) is 0 Å². The summed E-state index contributed by atoms with van der Waals surface area (Å²) in [7, 11) is 3.44. The highest BCUT2D eigenvalue weighted by atomic mass is 35.5. The van der Waals surface area contributed by atoms with Gasteiger partial charge in [-0.1, -0.05) is 11.6 Å². The van der Waals surface area contributed by atoms with Crippen molar-refractivity contribution >= 4 is 23.4 Å². The standard InChI is InChI=1S/C9H9ClN4OS/c1-14-4-3-11-9(14)16-8-6(15-2)7(10)12-5-13-8/h3-5H,1-2H3. The van der Waals surface area contributed by atoms with Crippen molar-refractivity contribution in [2.45, 2.75) is 10.2 Å². The number of halogens is 1. The number of imidazole rings is 1. The molecular weight excluding hydrogens is 248 g/mol. The van der Waals surface area contributed by atoms with Gasteiger partial charge in [-0.2, -0.15) is 0 Å². The van der Waals surface area contributed by atoms with E-state index in [1.54, 1.807) is 6.20 Å². The van der Waals surface area contributed by atoms with Crippen LogP contribution in [0.5, 0.6) is 5.75 Å². The largest absolute Gasteiger partial charge is 0.491 e. The average Bonchev–Trinajstić information content (AvgIpc) is 2.65. The van der Waals surface area contributed by atoms with E-state index >= 15 is 0 Å². The van der Waals surface area contributed by atoms with Gasteiger partial charge in [-0.05, 0) is 11.8 Å². The second kappa shape index (κ2) is 4.71. The third kappa shape index (κ3) is 2.12. The molecule has 5 nitrogen and oxygen atoms in total. The lowest BCUT2D eigenvalue weighted by Gasteiger charge is -2.07. The number of aryl methyl sites for hydroxylation is 1. The van der Waals surface area contributed by atoms with E-state index in [2.05, 4.69) is 15.0 Å². The molecule has 0 unspecified atom stereocenters. The maximum absolute atomic E-state index is 5.89. The van der Waals surface area contributed by atoms with Crippen LogP contribution in [0.4, 0.5) is 0 Å². The molecule has 0 aliphatic carbocycles. The second-order valence-corrected chi connectivity index (χ2v) is 4.24. The average molecular weight is 257 g/mol. The number of hydrogen-bond acceptors (Lipinski definition) is 5. The maximum atomic E-state index is 5.89. The summed E-state index contributed by atoms with van der Waals surface area (Å²) >= 11 is 7.27. The van der Waals surface area contributed by atoms with Gasteiger partial charge in [0.2, 0.25) is 0 Å². The third-order valence-corrected chi connectivity index (χ3v) is 3.23. The lowest BCUT2D eigenvalue weighted by Crippen LogP contribution is -1.95. The van der Waals surface area contributed by atoms with Crippen LogP contribution in [-0.4, -0.2) is 26.6 Å². The predicted molar refractivity (Wildman–Crippen MR) is 60.9 cm³/mol. The van der Waals surface area contributed by atoms with Gasteiger partial charge < -0.3 is 9.30 Å². The Morgan fingerprint density at radius 1 is 1.38 bits per heavy atom. The molecule has 0 saturated carbocycles. The van der Waals surface area contributed by atoms with Gasteiger partial charge in [0.25, 0.3) is 0 Å². The van der Waals surface area contributed by atoms with E-state index in [9.17, 15) is 0 Å². The number of rotatable bonds is 3. The Bertz CT molecular complexity index is 502. The Hall–Kier alpha value is -1.27. The summed E-state index contributed by atoms with van der Waals surface area (Å²) < 4.78 is 7.04. The van der Waals surface area contributed by atoms with Gasteiger partial charge in [-0.15, -0.1) is 0 Å². The van der Waals surface area contributed by atoms with Gasteiger partial charge in [0.1, 0.15) is 6.33 Å². The molecule has 2 aromatic rings. The Morgan fingerprint density at radius 3 is 2.81 bits per heavy atom. The molecule has 0 N–H and O–H groups in total. The topological polar surface area (TPSA) is 52.8 Å². The molecule has 0 bridgehead atoms. The number of ether oxygens (including phenoxy) is 1. The van der Waals surface area contributed by atoms with Gasteiger partial charge in [-0.25, -0.2) is 15.0 Å². The van der Waals surface area contributed by atoms with Gasteiger partial charge >= 0.3 is 0 Å². The van der Waals surface area contributed by atoms with Crippen molar-refractivity contribution in [3.8, 4) is 5.75 Å². The molecule has 0 radical (unpaired) electrons. The van der Waals surface area contributed by atoms with Gasteiger partial charge in [0.05, 0.1) is 7.11 Å². The van der Waals surface area contributed by atoms with Crippen molar-refractivity contribution < 1.29 is 4.74 Å². The Balaban J connectivity index is 2.35. The van der Waals surface area contributed by atoms with E-state index in [0.717, 1.165) is 5.16 Å². The van der Waals surface area contributed by atoms with E-state index in [4.69, 9.17) is 16.3 Å². The maximum Gasteiger partial charge on any atom is 0.189 e. The van der Waals surface area contributed by atoms with Crippen molar-refractivity contribution in [3.63, 3.8) is 0 Å². The normalized spacial score (nSPS) is 10.4. The van der Waals surface area contributed by atoms with Gasteiger partial charge in [0.15, 0.2) is 21.1 Å². The summed E-state index contributed by atoms with van der Waals surface area (Å²) in [5, 5.41) is 1.76. The van der Waals surface area contributed by atoms with Crippen LogP contribution >= 0.6 is 23.4 Å². The molecular formula is C9H9ClN4OS. The fourth-order valence-corrected chi connectivity index (χ4v) is 2.25. The van der Waals surface area contributed by atoms with Gasteiger partial charge in [0, 0.05) is 19.4 Å². The van der Waals surface area contributed by atoms with Crippen LogP contribution in [0.3, 0.4) is 0 Å². The Kier molecular flexibility index (Phi) is 3.31. The summed E-state index contributed by atoms with van der Waals surface area (Å²) in [5.41, 5.74) is 0. The van der Waals surface area contributed by atoms with Crippen LogP contribution in [0.1, 0.15) is 0 Å². The number of aromatic nitrogens is 4. The quantitative estimate of drug-likeness (QED) is 0.787. The lowest BCUT2D eigenvalue weighted by molar-refractivity contribution is 0.398. The summed E-state index contributed by atoms with van der Waals surface area (Å²) in [6.45, 7) is 0. The molecule has 0 atom stereocenters. The van der Waals surface area contributed by atoms with Crippen molar-refractivity contribution in [1.82, 2.24) is 19.5 Å². The molecule has 16 heavy (non-hydrogen) atoms. The van der Waals surface area contributed by atoms with Crippen molar-refractivity contribution in [1.29, 1.82) is 0 Å². The molecule has 84 valence electrons. The second-order valence-electron chi connectivity index (χ2n) is 2.93. The first-order chi connectivity index (χ1) is 7.72. The van der Waals surface area contributed by atoms with Crippen molar-refractivity contribution in [2.75, 3.05) is 7.11 Å². The minimum atomic E-state index is 0.300. The Morgan fingerprint density at radius 2 is 2.19 bits per heavy atom. The predicted octanol–water partition coefficient (Wildman–Crippen LogP) is 2.02. The SMILES string of the molecule is COc1c(Cl)ncnc1Sc1nccn1C. The minimum absolute atomic E-state index is 0.300. The summed E-state index contributed by atoms with van der Waals surface area (Å²) in [6, 6.07) is 0. The molecule has 0 aliphatic heterocycles. The van der Waals surface area contributed by atoms with Crippen LogP contribution < -0.4 is 4.74 Å². The van der Waals surface area contributed by atoms with E-state index in [-0.39, 0.29) is 0 Å². The summed E-state index contributed by atoms with van der Waals surface area (Å²) in [4.78, 5) is 12.1. The van der Waals surface area contributed by atoms with Gasteiger partial charge in [-0.3, -0.25) is 0 Å². The first kappa shape index (κ1) is 11.2. The molecule has 0 aromatic carbocycles. The molecule has 0 fully saturated rings. The molecule has 0 spiro atoms. The van der Waals surface area contributed by atoms with Crippen molar-refractivity contribution in [2.24, 2.45) is 7.05 Å². The monoisotopic (exact) mass is 256 g/mol. The van der Waals surface area contributed by atoms with Crippen LogP contribution in [-0.2, 0) is 7.05 Å². The van der Waals surface area contributed by atoms with E-state index < -0.39 is 0 Å². The fraction of sp³-hybridized carbons (Fsp3) is 0.222.